The zero-order valence-electron chi connectivity index (χ0n) is 17.8. The van der Waals surface area contributed by atoms with Crippen LogP contribution in [-0.2, 0) is 22.4 Å². The van der Waals surface area contributed by atoms with Gasteiger partial charge in [-0.15, -0.1) is 0 Å². The van der Waals surface area contributed by atoms with Crippen molar-refractivity contribution in [3.8, 4) is 11.5 Å². The van der Waals surface area contributed by atoms with E-state index in [1.807, 2.05) is 38.1 Å². The maximum absolute atomic E-state index is 12.0. The molecule has 0 bridgehead atoms. The summed E-state index contributed by atoms with van der Waals surface area (Å²) in [5.74, 6) is 0.404. The van der Waals surface area contributed by atoms with E-state index in [1.165, 1.54) is 0 Å². The lowest BCUT2D eigenvalue weighted by Gasteiger charge is -2.08. The van der Waals surface area contributed by atoms with Crippen molar-refractivity contribution in [3.63, 3.8) is 0 Å². The quantitative estimate of drug-likeness (QED) is 0.332. The molecule has 0 aliphatic carbocycles. The Labute approximate surface area is 178 Å². The zero-order chi connectivity index (χ0) is 21.9. The first-order chi connectivity index (χ1) is 14.3. The van der Waals surface area contributed by atoms with Gasteiger partial charge >= 0.3 is 11.9 Å². The molecule has 0 aliphatic heterocycles. The highest BCUT2D eigenvalue weighted by molar-refractivity contribution is 5.73. The molecule has 6 heteroatoms. The van der Waals surface area contributed by atoms with Crippen molar-refractivity contribution >= 4 is 11.9 Å². The first-order valence-electron chi connectivity index (χ1n) is 10.4. The van der Waals surface area contributed by atoms with Crippen LogP contribution in [0.15, 0.2) is 48.5 Å². The van der Waals surface area contributed by atoms with Crippen LogP contribution in [-0.4, -0.2) is 24.0 Å². The summed E-state index contributed by atoms with van der Waals surface area (Å²) >= 11 is 0. The fourth-order valence-corrected chi connectivity index (χ4v) is 3.03. The minimum absolute atomic E-state index is 0.0874. The van der Waals surface area contributed by atoms with Gasteiger partial charge in [-0.1, -0.05) is 24.3 Å². The van der Waals surface area contributed by atoms with Crippen molar-refractivity contribution in [2.75, 3.05) is 0 Å². The fraction of sp³-hybridized carbons (Fsp3) is 0.417. The first-order valence-corrected chi connectivity index (χ1v) is 10.4. The SMILES string of the molecule is C[C@@H](N)Cc1ccc(OC(=O)CCCCC(=O)Oc2ccc(C[C@@H](C)N)cc2)cc1. The van der Waals surface area contributed by atoms with E-state index < -0.39 is 0 Å². The molecule has 0 spiro atoms. The van der Waals surface area contributed by atoms with Gasteiger partial charge in [0.05, 0.1) is 0 Å². The molecule has 0 heterocycles. The smallest absolute Gasteiger partial charge is 0.311 e. The Bertz CT molecular complexity index is 729. The van der Waals surface area contributed by atoms with E-state index in [2.05, 4.69) is 0 Å². The number of hydrogen-bond donors (Lipinski definition) is 2. The van der Waals surface area contributed by atoms with Crippen LogP contribution in [0.1, 0.15) is 50.7 Å². The third-order valence-electron chi connectivity index (χ3n) is 4.44. The van der Waals surface area contributed by atoms with Crippen molar-refractivity contribution in [2.45, 2.75) is 64.5 Å². The Balaban J connectivity index is 1.64. The van der Waals surface area contributed by atoms with E-state index in [4.69, 9.17) is 20.9 Å². The number of unbranched alkanes of at least 4 members (excludes halogenated alkanes) is 1. The summed E-state index contributed by atoms with van der Waals surface area (Å²) in [6, 6.07) is 14.9. The van der Waals surface area contributed by atoms with Gasteiger partial charge < -0.3 is 20.9 Å². The van der Waals surface area contributed by atoms with Crippen molar-refractivity contribution in [2.24, 2.45) is 11.5 Å². The molecule has 0 unspecified atom stereocenters. The highest BCUT2D eigenvalue weighted by Crippen LogP contribution is 2.16. The summed E-state index contributed by atoms with van der Waals surface area (Å²) in [7, 11) is 0. The average Bonchev–Trinajstić information content (AvgIpc) is 2.67. The van der Waals surface area contributed by atoms with Crippen molar-refractivity contribution in [1.29, 1.82) is 0 Å². The molecule has 0 aliphatic rings. The maximum Gasteiger partial charge on any atom is 0.311 e. The molecule has 162 valence electrons. The number of nitrogens with two attached hydrogens (primary N) is 2. The van der Waals surface area contributed by atoms with E-state index >= 15 is 0 Å². The lowest BCUT2D eigenvalue weighted by atomic mass is 10.1. The van der Waals surface area contributed by atoms with E-state index in [0.29, 0.717) is 24.3 Å². The van der Waals surface area contributed by atoms with Gasteiger partial charge in [0.15, 0.2) is 0 Å². The van der Waals surface area contributed by atoms with Gasteiger partial charge in [-0.25, -0.2) is 0 Å². The second kappa shape index (κ2) is 12.1. The predicted molar refractivity (Wildman–Crippen MR) is 117 cm³/mol. The summed E-state index contributed by atoms with van der Waals surface area (Å²) in [5, 5.41) is 0. The molecule has 0 fully saturated rings. The Morgan fingerprint density at radius 3 is 1.33 bits per heavy atom. The highest BCUT2D eigenvalue weighted by atomic mass is 16.5. The van der Waals surface area contributed by atoms with Gasteiger partial charge in [-0.3, -0.25) is 9.59 Å². The Morgan fingerprint density at radius 1 is 0.700 bits per heavy atom. The number of hydrogen-bond acceptors (Lipinski definition) is 6. The lowest BCUT2D eigenvalue weighted by molar-refractivity contribution is -0.136. The molecule has 4 N–H and O–H groups in total. The number of esters is 2. The van der Waals surface area contributed by atoms with Crippen LogP contribution < -0.4 is 20.9 Å². The van der Waals surface area contributed by atoms with Gasteiger partial charge in [0.25, 0.3) is 0 Å². The molecule has 2 rings (SSSR count). The topological polar surface area (TPSA) is 105 Å². The third-order valence-corrected chi connectivity index (χ3v) is 4.44. The Hall–Kier alpha value is -2.70. The monoisotopic (exact) mass is 412 g/mol. The minimum Gasteiger partial charge on any atom is -0.427 e. The number of rotatable bonds is 11. The molecule has 30 heavy (non-hydrogen) atoms. The van der Waals surface area contributed by atoms with Crippen LogP contribution in [0, 0.1) is 0 Å². The van der Waals surface area contributed by atoms with Gasteiger partial charge in [0.1, 0.15) is 11.5 Å². The molecule has 0 radical (unpaired) electrons. The van der Waals surface area contributed by atoms with E-state index in [1.54, 1.807) is 24.3 Å². The normalized spacial score (nSPS) is 12.8. The summed E-state index contributed by atoms with van der Waals surface area (Å²) in [6.45, 7) is 3.90. The Morgan fingerprint density at radius 2 is 1.03 bits per heavy atom. The third kappa shape index (κ3) is 9.20. The molecule has 2 aromatic rings. The van der Waals surface area contributed by atoms with Gasteiger partial charge in [-0.2, -0.15) is 0 Å². The summed E-state index contributed by atoms with van der Waals surface area (Å²) in [6.07, 6.45) is 3.18. The van der Waals surface area contributed by atoms with Gasteiger partial charge in [0, 0.05) is 24.9 Å². The molecule has 0 saturated carbocycles. The van der Waals surface area contributed by atoms with Gasteiger partial charge in [-0.05, 0) is 74.9 Å². The van der Waals surface area contributed by atoms with Crippen LogP contribution in [0.2, 0.25) is 0 Å². The molecular formula is C24H32N2O4. The average molecular weight is 413 g/mol. The van der Waals surface area contributed by atoms with Crippen molar-refractivity contribution < 1.29 is 19.1 Å². The summed E-state index contributed by atoms with van der Waals surface area (Å²) in [5.41, 5.74) is 13.8. The molecule has 2 atom stereocenters. The van der Waals surface area contributed by atoms with Crippen LogP contribution in [0.5, 0.6) is 11.5 Å². The van der Waals surface area contributed by atoms with Crippen LogP contribution in [0.4, 0.5) is 0 Å². The van der Waals surface area contributed by atoms with Crippen LogP contribution in [0.3, 0.4) is 0 Å². The lowest BCUT2D eigenvalue weighted by Crippen LogP contribution is -2.17. The minimum atomic E-state index is -0.312. The maximum atomic E-state index is 12.0. The number of carbonyl (C=O) groups excluding carboxylic acids is 2. The van der Waals surface area contributed by atoms with E-state index in [9.17, 15) is 9.59 Å². The zero-order valence-corrected chi connectivity index (χ0v) is 17.8. The number of ether oxygens (including phenoxy) is 2. The molecule has 0 saturated heterocycles. The number of carbonyl (C=O) groups is 2. The van der Waals surface area contributed by atoms with Crippen molar-refractivity contribution in [3.05, 3.63) is 59.7 Å². The summed E-state index contributed by atoms with van der Waals surface area (Å²) in [4.78, 5) is 23.9. The second-order valence-corrected chi connectivity index (χ2v) is 7.81. The molecule has 2 aromatic carbocycles. The molecule has 6 nitrogen and oxygen atoms in total. The molecule has 0 amide bonds. The van der Waals surface area contributed by atoms with Gasteiger partial charge in [0.2, 0.25) is 0 Å². The predicted octanol–water partition coefficient (Wildman–Crippen LogP) is 3.54. The van der Waals surface area contributed by atoms with E-state index in [0.717, 1.165) is 24.0 Å². The van der Waals surface area contributed by atoms with Crippen molar-refractivity contribution in [1.82, 2.24) is 0 Å². The Kier molecular flexibility index (Phi) is 9.51. The largest absolute Gasteiger partial charge is 0.427 e. The van der Waals surface area contributed by atoms with Crippen LogP contribution >= 0.6 is 0 Å². The summed E-state index contributed by atoms with van der Waals surface area (Å²) < 4.78 is 10.6. The van der Waals surface area contributed by atoms with Crippen LogP contribution in [0.25, 0.3) is 0 Å². The second-order valence-electron chi connectivity index (χ2n) is 7.81. The highest BCUT2D eigenvalue weighted by Gasteiger charge is 2.09. The first kappa shape index (κ1) is 23.6. The molecular weight excluding hydrogens is 380 g/mol. The fourth-order valence-electron chi connectivity index (χ4n) is 3.03. The standard InChI is InChI=1S/C24H32N2O4/c1-17(25)15-19-7-11-21(12-8-19)29-23(27)5-3-4-6-24(28)30-22-13-9-20(10-14-22)16-18(2)26/h7-14,17-18H,3-6,15-16,25-26H2,1-2H3/t17-,18-/m1/s1. The molecule has 0 aromatic heterocycles. The number of benzene rings is 2. The van der Waals surface area contributed by atoms with E-state index in [-0.39, 0.29) is 36.9 Å².